The number of rotatable bonds is 5. The zero-order chi connectivity index (χ0) is 24.5. The van der Waals surface area contributed by atoms with Crippen LogP contribution < -0.4 is 30.3 Å². The molecule has 3 N–H and O–H groups in total. The summed E-state index contributed by atoms with van der Waals surface area (Å²) >= 11 is 11.6. The lowest BCUT2D eigenvalue weighted by Crippen LogP contribution is -2.58. The molecule has 2 atom stereocenters. The molecule has 3 aromatic carbocycles. The van der Waals surface area contributed by atoms with E-state index in [2.05, 4.69) is 16.0 Å². The Morgan fingerprint density at radius 3 is 1.97 bits per heavy atom. The summed E-state index contributed by atoms with van der Waals surface area (Å²) in [5.41, 5.74) is 3.01. The lowest BCUT2D eigenvalue weighted by atomic mass is 9.93. The van der Waals surface area contributed by atoms with E-state index in [9.17, 15) is 4.79 Å². The molecule has 3 aromatic rings. The topological polar surface area (TPSA) is 74.9 Å². The normalized spacial score (nSPS) is 19.3. The van der Waals surface area contributed by atoms with Crippen molar-refractivity contribution < 1.29 is 14.3 Å². The van der Waals surface area contributed by atoms with Crippen molar-refractivity contribution in [2.45, 2.75) is 12.2 Å². The van der Waals surface area contributed by atoms with Gasteiger partial charge in [-0.1, -0.05) is 35.9 Å². The van der Waals surface area contributed by atoms with Gasteiger partial charge in [0.15, 0.2) is 5.11 Å². The quantitative estimate of drug-likeness (QED) is 0.442. The first-order valence-corrected chi connectivity index (χ1v) is 11.7. The molecule has 7 nitrogen and oxygen atoms in total. The summed E-state index contributed by atoms with van der Waals surface area (Å²) < 4.78 is 10.6. The predicted octanol–water partition coefficient (Wildman–Crippen LogP) is 4.42. The highest BCUT2D eigenvalue weighted by Crippen LogP contribution is 2.38. The van der Waals surface area contributed by atoms with Crippen LogP contribution in [0.25, 0.3) is 0 Å². The van der Waals surface area contributed by atoms with E-state index in [1.54, 1.807) is 31.3 Å². The minimum absolute atomic E-state index is 0.162. The van der Waals surface area contributed by atoms with Gasteiger partial charge in [0, 0.05) is 10.7 Å². The first kappa shape index (κ1) is 23.0. The number of nitrogens with one attached hydrogen (secondary N) is 3. The lowest BCUT2D eigenvalue weighted by Gasteiger charge is -2.43. The SMILES string of the molecule is COc1ccc([C@H]2NC3=C(C(=O)N2c2ccc(Cl)cc2)[C@@H](c2ccc(OC)cc2)NC(=S)N3)cc1. The van der Waals surface area contributed by atoms with E-state index in [0.29, 0.717) is 27.2 Å². The van der Waals surface area contributed by atoms with Gasteiger partial charge in [0.05, 0.1) is 25.8 Å². The van der Waals surface area contributed by atoms with Gasteiger partial charge in [-0.15, -0.1) is 0 Å². The molecule has 0 radical (unpaired) electrons. The largest absolute Gasteiger partial charge is 0.497 e. The summed E-state index contributed by atoms with van der Waals surface area (Å²) in [6, 6.07) is 21.9. The number of hydrogen-bond acceptors (Lipinski definition) is 5. The Labute approximate surface area is 213 Å². The Hall–Kier alpha value is -3.75. The summed E-state index contributed by atoms with van der Waals surface area (Å²) in [7, 11) is 3.24. The molecule has 5 rings (SSSR count). The molecule has 0 aliphatic carbocycles. The van der Waals surface area contributed by atoms with Crippen molar-refractivity contribution in [2.75, 3.05) is 19.1 Å². The van der Waals surface area contributed by atoms with Crippen LogP contribution in [0, 0.1) is 0 Å². The number of anilines is 1. The second-order valence-corrected chi connectivity index (χ2v) is 8.91. The van der Waals surface area contributed by atoms with Crippen molar-refractivity contribution in [3.05, 3.63) is 100 Å². The summed E-state index contributed by atoms with van der Waals surface area (Å²) in [6.45, 7) is 0. The number of amides is 1. The molecule has 2 aliphatic rings. The fraction of sp³-hybridized carbons (Fsp3) is 0.154. The molecule has 0 unspecified atom stereocenters. The maximum Gasteiger partial charge on any atom is 0.262 e. The van der Waals surface area contributed by atoms with Crippen LogP contribution in [-0.2, 0) is 4.79 Å². The zero-order valence-electron chi connectivity index (χ0n) is 19.0. The standard InChI is InChI=1S/C26H23ClN4O3S/c1-33-19-11-3-15(4-12-19)22-21-23(30-26(35)28-22)29-24(16-5-13-20(34-2)14-6-16)31(25(21)32)18-9-7-17(27)8-10-18/h3-14,22,24,29H,1-2H3,(H2,28,30,35)/t22-,24+/m1/s1. The number of ether oxygens (including phenoxy) is 2. The molecule has 2 aliphatic heterocycles. The highest BCUT2D eigenvalue weighted by Gasteiger charge is 2.42. The number of benzene rings is 3. The van der Waals surface area contributed by atoms with Crippen LogP contribution in [0.3, 0.4) is 0 Å². The second kappa shape index (κ2) is 9.48. The number of nitrogens with zero attached hydrogens (tertiary/aromatic N) is 1. The Kier molecular flexibility index (Phi) is 6.23. The van der Waals surface area contributed by atoms with E-state index in [0.717, 1.165) is 22.6 Å². The average molecular weight is 507 g/mol. The highest BCUT2D eigenvalue weighted by atomic mass is 35.5. The maximum atomic E-state index is 14.2. The third kappa shape index (κ3) is 4.38. The van der Waals surface area contributed by atoms with Gasteiger partial charge in [0.1, 0.15) is 23.5 Å². The predicted molar refractivity (Wildman–Crippen MR) is 139 cm³/mol. The molecular weight excluding hydrogens is 484 g/mol. The van der Waals surface area contributed by atoms with Crippen molar-refractivity contribution in [1.82, 2.24) is 16.0 Å². The van der Waals surface area contributed by atoms with Crippen LogP contribution in [0.4, 0.5) is 5.69 Å². The van der Waals surface area contributed by atoms with Gasteiger partial charge in [-0.3, -0.25) is 9.69 Å². The van der Waals surface area contributed by atoms with E-state index in [1.807, 2.05) is 60.7 Å². The van der Waals surface area contributed by atoms with Crippen molar-refractivity contribution >= 4 is 40.5 Å². The second-order valence-electron chi connectivity index (χ2n) is 8.06. The van der Waals surface area contributed by atoms with Gasteiger partial charge in [0.2, 0.25) is 0 Å². The van der Waals surface area contributed by atoms with E-state index in [1.165, 1.54) is 0 Å². The van der Waals surface area contributed by atoms with Crippen LogP contribution in [0.5, 0.6) is 11.5 Å². The summed E-state index contributed by atoms with van der Waals surface area (Å²) in [4.78, 5) is 15.9. The van der Waals surface area contributed by atoms with Crippen molar-refractivity contribution in [1.29, 1.82) is 0 Å². The van der Waals surface area contributed by atoms with Crippen LogP contribution in [0.15, 0.2) is 84.2 Å². The van der Waals surface area contributed by atoms with Crippen molar-refractivity contribution in [3.63, 3.8) is 0 Å². The summed E-state index contributed by atoms with van der Waals surface area (Å²) in [5.74, 6) is 1.88. The van der Waals surface area contributed by atoms with E-state index in [4.69, 9.17) is 33.3 Å². The number of halogens is 1. The number of carbonyl (C=O) groups excluding carboxylic acids is 1. The zero-order valence-corrected chi connectivity index (χ0v) is 20.6. The third-order valence-electron chi connectivity index (χ3n) is 6.05. The van der Waals surface area contributed by atoms with Gasteiger partial charge < -0.3 is 25.4 Å². The van der Waals surface area contributed by atoms with Crippen LogP contribution in [0.2, 0.25) is 5.02 Å². The third-order valence-corrected chi connectivity index (χ3v) is 6.52. The lowest BCUT2D eigenvalue weighted by molar-refractivity contribution is -0.116. The molecule has 0 bridgehead atoms. The van der Waals surface area contributed by atoms with Crippen LogP contribution in [-0.4, -0.2) is 25.2 Å². The molecule has 35 heavy (non-hydrogen) atoms. The molecule has 0 spiro atoms. The average Bonchev–Trinajstić information content (AvgIpc) is 2.89. The minimum Gasteiger partial charge on any atom is -0.497 e. The molecule has 178 valence electrons. The van der Waals surface area contributed by atoms with Crippen molar-refractivity contribution in [2.24, 2.45) is 0 Å². The Morgan fingerprint density at radius 2 is 1.40 bits per heavy atom. The van der Waals surface area contributed by atoms with E-state index in [-0.39, 0.29) is 5.91 Å². The Balaban J connectivity index is 1.62. The summed E-state index contributed by atoms with van der Waals surface area (Å²) in [6.07, 6.45) is -0.488. The molecule has 1 amide bonds. The van der Waals surface area contributed by atoms with Gasteiger partial charge in [0.25, 0.3) is 5.91 Å². The fourth-order valence-corrected chi connectivity index (χ4v) is 4.64. The van der Waals surface area contributed by atoms with E-state index >= 15 is 0 Å². The molecule has 0 saturated carbocycles. The summed E-state index contributed by atoms with van der Waals surface area (Å²) in [5, 5.41) is 10.9. The molecule has 0 aromatic heterocycles. The minimum atomic E-state index is -0.488. The smallest absolute Gasteiger partial charge is 0.262 e. The number of thiocarbonyl (C=S) groups is 1. The number of carbonyl (C=O) groups is 1. The van der Waals surface area contributed by atoms with E-state index < -0.39 is 12.2 Å². The maximum absolute atomic E-state index is 14.2. The van der Waals surface area contributed by atoms with Gasteiger partial charge in [-0.05, 0) is 71.9 Å². The Morgan fingerprint density at radius 1 is 0.829 bits per heavy atom. The monoisotopic (exact) mass is 506 g/mol. The highest BCUT2D eigenvalue weighted by molar-refractivity contribution is 7.80. The van der Waals surface area contributed by atoms with Crippen LogP contribution in [0.1, 0.15) is 23.3 Å². The molecular formula is C26H23ClN4O3S. The molecule has 2 heterocycles. The molecule has 0 saturated heterocycles. The van der Waals surface area contributed by atoms with Crippen molar-refractivity contribution in [3.8, 4) is 11.5 Å². The first-order chi connectivity index (χ1) is 17.0. The first-order valence-electron chi connectivity index (χ1n) is 10.9. The van der Waals surface area contributed by atoms with Gasteiger partial charge >= 0.3 is 0 Å². The molecule has 0 fully saturated rings. The van der Waals surface area contributed by atoms with Gasteiger partial charge in [-0.25, -0.2) is 0 Å². The molecule has 9 heteroatoms. The number of hydrogen-bond donors (Lipinski definition) is 3. The fourth-order valence-electron chi connectivity index (χ4n) is 4.29. The number of methoxy groups -OCH3 is 2. The van der Waals surface area contributed by atoms with Crippen LogP contribution >= 0.6 is 23.8 Å². The Bertz CT molecular complexity index is 1290. The van der Waals surface area contributed by atoms with Gasteiger partial charge in [-0.2, -0.15) is 0 Å².